The van der Waals surface area contributed by atoms with Crippen molar-refractivity contribution in [3.8, 4) is 0 Å². The van der Waals surface area contributed by atoms with E-state index < -0.39 is 0 Å². The first kappa shape index (κ1) is 11.2. The first-order chi connectivity index (χ1) is 7.74. The van der Waals surface area contributed by atoms with Gasteiger partial charge in [0.1, 0.15) is 0 Å². The molecule has 1 aromatic carbocycles. The van der Waals surface area contributed by atoms with Crippen LogP contribution in [0.15, 0.2) is 30.3 Å². The molecule has 0 aromatic heterocycles. The Balaban J connectivity index is 1.87. The molecule has 0 spiro atoms. The third kappa shape index (κ3) is 3.08. The molecule has 84 valence electrons. The number of nitrogens with one attached hydrogen (secondary N) is 2. The molecule has 1 heterocycles. The summed E-state index contributed by atoms with van der Waals surface area (Å²) in [4.78, 5) is 11.4. The van der Waals surface area contributed by atoms with Gasteiger partial charge in [-0.3, -0.25) is 4.79 Å². The lowest BCUT2D eigenvalue weighted by molar-refractivity contribution is -0.117. The van der Waals surface area contributed by atoms with Gasteiger partial charge in [0.2, 0.25) is 5.91 Å². The maximum absolute atomic E-state index is 11.4. The van der Waals surface area contributed by atoms with Crippen LogP contribution in [-0.4, -0.2) is 25.0 Å². The van der Waals surface area contributed by atoms with Crippen molar-refractivity contribution >= 4 is 23.6 Å². The molecule has 0 atom stereocenters. The smallest absolute Gasteiger partial charge is 0.244 e. The molecule has 1 aromatic rings. The van der Waals surface area contributed by atoms with Gasteiger partial charge in [-0.05, 0) is 23.8 Å². The molecule has 1 fully saturated rings. The van der Waals surface area contributed by atoms with E-state index in [2.05, 4.69) is 10.6 Å². The molecule has 0 unspecified atom stereocenters. The molecule has 0 aliphatic carbocycles. The summed E-state index contributed by atoms with van der Waals surface area (Å²) in [5, 5.41) is 6.67. The Bertz CT molecular complexity index is 396. The number of carbonyl (C=O) groups excluding carboxylic acids is 1. The van der Waals surface area contributed by atoms with Crippen molar-refractivity contribution in [2.45, 2.75) is 6.04 Å². The minimum atomic E-state index is -0.0542. The van der Waals surface area contributed by atoms with E-state index in [-0.39, 0.29) is 11.9 Å². The Morgan fingerprint density at radius 2 is 2.06 bits per heavy atom. The highest BCUT2D eigenvalue weighted by atomic mass is 35.5. The van der Waals surface area contributed by atoms with Crippen molar-refractivity contribution in [2.75, 3.05) is 13.1 Å². The van der Waals surface area contributed by atoms with E-state index in [1.165, 1.54) is 0 Å². The Morgan fingerprint density at radius 3 is 2.62 bits per heavy atom. The van der Waals surface area contributed by atoms with E-state index >= 15 is 0 Å². The average molecular weight is 237 g/mol. The van der Waals surface area contributed by atoms with Crippen molar-refractivity contribution < 1.29 is 4.79 Å². The Kier molecular flexibility index (Phi) is 3.59. The largest absolute Gasteiger partial charge is 0.347 e. The number of hydrogen-bond donors (Lipinski definition) is 2. The highest BCUT2D eigenvalue weighted by molar-refractivity contribution is 6.30. The maximum Gasteiger partial charge on any atom is 0.244 e. The number of carbonyl (C=O) groups is 1. The maximum atomic E-state index is 11.4. The molecular formula is C12H13ClN2O. The van der Waals surface area contributed by atoms with Crippen LogP contribution in [0.25, 0.3) is 6.08 Å². The second-order valence-corrected chi connectivity index (χ2v) is 4.19. The van der Waals surface area contributed by atoms with Crippen molar-refractivity contribution in [3.63, 3.8) is 0 Å². The average Bonchev–Trinajstić information content (AvgIpc) is 2.23. The van der Waals surface area contributed by atoms with Crippen LogP contribution in [0, 0.1) is 0 Å². The molecule has 1 amide bonds. The van der Waals surface area contributed by atoms with Gasteiger partial charge in [-0.2, -0.15) is 0 Å². The minimum absolute atomic E-state index is 0.0542. The standard InChI is InChI=1S/C12H13ClN2O/c13-10-4-1-9(2-5-10)3-6-12(16)15-11-7-14-8-11/h1-6,11,14H,7-8H2,(H,15,16). The van der Waals surface area contributed by atoms with E-state index in [1.54, 1.807) is 24.3 Å². The van der Waals surface area contributed by atoms with E-state index in [0.29, 0.717) is 5.02 Å². The van der Waals surface area contributed by atoms with Crippen LogP contribution < -0.4 is 10.6 Å². The summed E-state index contributed by atoms with van der Waals surface area (Å²) in [6.45, 7) is 1.72. The van der Waals surface area contributed by atoms with Gasteiger partial charge in [0.15, 0.2) is 0 Å². The van der Waals surface area contributed by atoms with Crippen molar-refractivity contribution in [1.82, 2.24) is 10.6 Å². The van der Waals surface area contributed by atoms with Gasteiger partial charge in [-0.15, -0.1) is 0 Å². The van der Waals surface area contributed by atoms with Crippen LogP contribution in [0.3, 0.4) is 0 Å². The summed E-state index contributed by atoms with van der Waals surface area (Å²) in [6, 6.07) is 7.63. The Morgan fingerprint density at radius 1 is 1.38 bits per heavy atom. The van der Waals surface area contributed by atoms with Gasteiger partial charge in [0, 0.05) is 24.2 Å². The molecule has 3 nitrogen and oxygen atoms in total. The fourth-order valence-corrected chi connectivity index (χ4v) is 1.51. The summed E-state index contributed by atoms with van der Waals surface area (Å²) in [5.74, 6) is -0.0542. The number of hydrogen-bond acceptors (Lipinski definition) is 2. The second-order valence-electron chi connectivity index (χ2n) is 3.75. The lowest BCUT2D eigenvalue weighted by Crippen LogP contribution is -2.56. The fraction of sp³-hybridized carbons (Fsp3) is 0.250. The topological polar surface area (TPSA) is 41.1 Å². The Hall–Kier alpha value is -1.32. The van der Waals surface area contributed by atoms with Gasteiger partial charge < -0.3 is 10.6 Å². The van der Waals surface area contributed by atoms with Crippen LogP contribution in [-0.2, 0) is 4.79 Å². The quantitative estimate of drug-likeness (QED) is 0.780. The monoisotopic (exact) mass is 236 g/mol. The van der Waals surface area contributed by atoms with Gasteiger partial charge in [-0.25, -0.2) is 0 Å². The van der Waals surface area contributed by atoms with Gasteiger partial charge in [-0.1, -0.05) is 23.7 Å². The number of halogens is 1. The first-order valence-electron chi connectivity index (χ1n) is 5.19. The predicted molar refractivity (Wildman–Crippen MR) is 65.3 cm³/mol. The van der Waals surface area contributed by atoms with E-state index in [0.717, 1.165) is 18.7 Å². The summed E-state index contributed by atoms with van der Waals surface area (Å²) in [7, 11) is 0. The van der Waals surface area contributed by atoms with Gasteiger partial charge in [0.25, 0.3) is 0 Å². The lowest BCUT2D eigenvalue weighted by Gasteiger charge is -2.27. The van der Waals surface area contributed by atoms with Gasteiger partial charge in [0.05, 0.1) is 6.04 Å². The Labute approximate surface area is 99.5 Å². The van der Waals surface area contributed by atoms with E-state index in [4.69, 9.17) is 11.6 Å². The van der Waals surface area contributed by atoms with Gasteiger partial charge >= 0.3 is 0 Å². The zero-order valence-electron chi connectivity index (χ0n) is 8.74. The first-order valence-corrected chi connectivity index (χ1v) is 5.57. The van der Waals surface area contributed by atoms with Crippen LogP contribution >= 0.6 is 11.6 Å². The zero-order chi connectivity index (χ0) is 11.4. The molecular weight excluding hydrogens is 224 g/mol. The number of amides is 1. The van der Waals surface area contributed by atoms with Crippen LogP contribution in [0.4, 0.5) is 0 Å². The van der Waals surface area contributed by atoms with E-state index in [1.807, 2.05) is 12.1 Å². The van der Waals surface area contributed by atoms with Crippen molar-refractivity contribution in [1.29, 1.82) is 0 Å². The van der Waals surface area contributed by atoms with Crippen LogP contribution in [0.2, 0.25) is 5.02 Å². The van der Waals surface area contributed by atoms with Crippen LogP contribution in [0.5, 0.6) is 0 Å². The second kappa shape index (κ2) is 5.14. The SMILES string of the molecule is O=C(C=Cc1ccc(Cl)cc1)NC1CNC1. The molecule has 0 bridgehead atoms. The number of rotatable bonds is 3. The molecule has 0 saturated carbocycles. The molecule has 2 N–H and O–H groups in total. The highest BCUT2D eigenvalue weighted by Gasteiger charge is 2.16. The van der Waals surface area contributed by atoms with E-state index in [9.17, 15) is 4.79 Å². The lowest BCUT2D eigenvalue weighted by atomic mass is 10.1. The minimum Gasteiger partial charge on any atom is -0.347 e. The molecule has 1 saturated heterocycles. The third-order valence-electron chi connectivity index (χ3n) is 2.43. The summed E-state index contributed by atoms with van der Waals surface area (Å²) in [6.07, 6.45) is 3.32. The normalized spacial score (nSPS) is 16.1. The third-order valence-corrected chi connectivity index (χ3v) is 2.68. The summed E-state index contributed by atoms with van der Waals surface area (Å²) in [5.41, 5.74) is 0.964. The van der Waals surface area contributed by atoms with Crippen molar-refractivity contribution in [2.24, 2.45) is 0 Å². The molecule has 4 heteroatoms. The van der Waals surface area contributed by atoms with Crippen molar-refractivity contribution in [3.05, 3.63) is 40.9 Å². The summed E-state index contributed by atoms with van der Waals surface area (Å²) >= 11 is 5.76. The highest BCUT2D eigenvalue weighted by Crippen LogP contribution is 2.10. The van der Waals surface area contributed by atoms with Crippen LogP contribution in [0.1, 0.15) is 5.56 Å². The zero-order valence-corrected chi connectivity index (χ0v) is 9.50. The molecule has 1 aliphatic heterocycles. The summed E-state index contributed by atoms with van der Waals surface area (Å²) < 4.78 is 0. The molecule has 0 radical (unpaired) electrons. The number of benzene rings is 1. The predicted octanol–water partition coefficient (Wildman–Crippen LogP) is 1.44. The molecule has 16 heavy (non-hydrogen) atoms. The fourth-order valence-electron chi connectivity index (χ4n) is 1.39. The molecule has 2 rings (SSSR count). The molecule has 1 aliphatic rings.